The molecule has 0 fully saturated rings. The Labute approximate surface area is 190 Å². The van der Waals surface area contributed by atoms with Gasteiger partial charge in [0, 0.05) is 20.6 Å². The Balaban J connectivity index is 1.62. The van der Waals surface area contributed by atoms with Gasteiger partial charge >= 0.3 is 5.69 Å². The predicted octanol–water partition coefficient (Wildman–Crippen LogP) is 3.29. The highest BCUT2D eigenvalue weighted by atomic mass is 16.2. The van der Waals surface area contributed by atoms with Crippen molar-refractivity contribution < 1.29 is 0 Å². The molecule has 7 heteroatoms. The van der Waals surface area contributed by atoms with Crippen molar-refractivity contribution in [1.29, 1.82) is 0 Å². The summed E-state index contributed by atoms with van der Waals surface area (Å²) in [7, 11) is 3.15. The summed E-state index contributed by atoms with van der Waals surface area (Å²) in [5, 5.41) is 5.66. The monoisotopic (exact) mass is 439 g/mol. The smallest absolute Gasteiger partial charge is 0.332 e. The van der Waals surface area contributed by atoms with Gasteiger partial charge in [0.25, 0.3) is 5.56 Å². The van der Waals surface area contributed by atoms with Gasteiger partial charge in [-0.3, -0.25) is 18.5 Å². The van der Waals surface area contributed by atoms with Crippen LogP contribution in [-0.2, 0) is 27.1 Å². The van der Waals surface area contributed by atoms with Crippen LogP contribution in [0.5, 0.6) is 0 Å². The molecule has 0 saturated heterocycles. The zero-order valence-corrected chi connectivity index (χ0v) is 18.7. The van der Waals surface area contributed by atoms with E-state index in [4.69, 9.17) is 0 Å². The van der Waals surface area contributed by atoms with E-state index in [1.54, 1.807) is 7.05 Å². The molecular weight excluding hydrogens is 414 g/mol. The Morgan fingerprint density at radius 2 is 1.58 bits per heavy atom. The van der Waals surface area contributed by atoms with Gasteiger partial charge in [0.2, 0.25) is 5.95 Å². The predicted molar refractivity (Wildman–Crippen MR) is 132 cm³/mol. The Hall–Kier alpha value is -4.13. The SMILES string of the molecule is Cn1c(=O)c2c(nc(NCCc3ccccc3)n2Cc2cccc3ccccc23)n(C)c1=O. The maximum Gasteiger partial charge on any atom is 0.332 e. The van der Waals surface area contributed by atoms with E-state index in [9.17, 15) is 9.59 Å². The number of anilines is 1. The summed E-state index contributed by atoms with van der Waals surface area (Å²) in [6.07, 6.45) is 0.815. The van der Waals surface area contributed by atoms with Gasteiger partial charge in [0.15, 0.2) is 11.2 Å². The molecule has 0 aliphatic rings. The molecule has 0 unspecified atom stereocenters. The Bertz CT molecular complexity index is 1570. The number of aromatic nitrogens is 4. The summed E-state index contributed by atoms with van der Waals surface area (Å²) in [5.74, 6) is 0.576. The van der Waals surface area contributed by atoms with Gasteiger partial charge in [-0.15, -0.1) is 0 Å². The Kier molecular flexibility index (Phi) is 5.30. The molecule has 166 valence electrons. The van der Waals surface area contributed by atoms with Crippen molar-refractivity contribution in [3.63, 3.8) is 0 Å². The molecule has 0 amide bonds. The average Bonchev–Trinajstić information content (AvgIpc) is 3.20. The van der Waals surface area contributed by atoms with Gasteiger partial charge in [0.05, 0.1) is 6.54 Å². The molecule has 5 rings (SSSR count). The first kappa shape index (κ1) is 20.8. The van der Waals surface area contributed by atoms with E-state index < -0.39 is 5.69 Å². The Morgan fingerprint density at radius 1 is 0.848 bits per heavy atom. The molecule has 1 N–H and O–H groups in total. The highest BCUT2D eigenvalue weighted by molar-refractivity contribution is 5.86. The molecule has 0 radical (unpaired) electrons. The molecule has 3 aromatic carbocycles. The number of hydrogen-bond donors (Lipinski definition) is 1. The molecule has 0 aliphatic heterocycles. The van der Waals surface area contributed by atoms with Gasteiger partial charge in [-0.1, -0.05) is 72.8 Å². The van der Waals surface area contributed by atoms with E-state index >= 15 is 0 Å². The lowest BCUT2D eigenvalue weighted by molar-refractivity contribution is 0.702. The topological polar surface area (TPSA) is 73.8 Å². The molecule has 0 spiro atoms. The van der Waals surface area contributed by atoms with Crippen molar-refractivity contribution in [2.75, 3.05) is 11.9 Å². The van der Waals surface area contributed by atoms with Crippen LogP contribution in [0.2, 0.25) is 0 Å². The molecule has 33 heavy (non-hydrogen) atoms. The second-order valence-electron chi connectivity index (χ2n) is 8.20. The molecule has 2 aromatic heterocycles. The van der Waals surface area contributed by atoms with Crippen molar-refractivity contribution in [3.8, 4) is 0 Å². The lowest BCUT2D eigenvalue weighted by Gasteiger charge is -2.13. The molecule has 0 bridgehead atoms. The molecule has 5 aromatic rings. The van der Waals surface area contributed by atoms with Crippen molar-refractivity contribution in [3.05, 3.63) is 105 Å². The molecule has 2 heterocycles. The van der Waals surface area contributed by atoms with Crippen molar-refractivity contribution in [2.45, 2.75) is 13.0 Å². The van der Waals surface area contributed by atoms with Gasteiger partial charge in [-0.2, -0.15) is 4.98 Å². The van der Waals surface area contributed by atoms with Crippen molar-refractivity contribution >= 4 is 27.9 Å². The lowest BCUT2D eigenvalue weighted by Crippen LogP contribution is -2.37. The molecular formula is C26H25N5O2. The zero-order valence-electron chi connectivity index (χ0n) is 18.7. The normalized spacial score (nSPS) is 11.3. The number of fused-ring (bicyclic) bond motifs is 2. The van der Waals surface area contributed by atoms with Crippen LogP contribution >= 0.6 is 0 Å². The number of nitrogens with one attached hydrogen (secondary N) is 1. The summed E-state index contributed by atoms with van der Waals surface area (Å²) in [5.41, 5.74) is 2.34. The number of benzene rings is 3. The number of imidazole rings is 1. The van der Waals surface area contributed by atoms with Crippen LogP contribution in [0.3, 0.4) is 0 Å². The summed E-state index contributed by atoms with van der Waals surface area (Å²) in [6, 6.07) is 24.5. The van der Waals surface area contributed by atoms with Crippen LogP contribution in [0.4, 0.5) is 5.95 Å². The quantitative estimate of drug-likeness (QED) is 0.441. The largest absolute Gasteiger partial charge is 0.355 e. The minimum absolute atomic E-state index is 0.350. The van der Waals surface area contributed by atoms with Crippen LogP contribution in [0.15, 0.2) is 82.4 Å². The summed E-state index contributed by atoms with van der Waals surface area (Å²) in [6.45, 7) is 1.11. The van der Waals surface area contributed by atoms with E-state index in [0.717, 1.165) is 27.3 Å². The fourth-order valence-electron chi connectivity index (χ4n) is 4.30. The van der Waals surface area contributed by atoms with E-state index in [-0.39, 0.29) is 5.56 Å². The third kappa shape index (κ3) is 3.71. The van der Waals surface area contributed by atoms with E-state index in [0.29, 0.717) is 30.2 Å². The first-order valence-electron chi connectivity index (χ1n) is 11.0. The van der Waals surface area contributed by atoms with Crippen LogP contribution in [-0.4, -0.2) is 25.2 Å². The van der Waals surface area contributed by atoms with Crippen LogP contribution < -0.4 is 16.6 Å². The maximum absolute atomic E-state index is 13.1. The first-order valence-corrected chi connectivity index (χ1v) is 11.0. The third-order valence-corrected chi connectivity index (χ3v) is 6.10. The van der Waals surface area contributed by atoms with Gasteiger partial charge in [-0.25, -0.2) is 4.79 Å². The standard InChI is InChI=1S/C26H25N5O2/c1-29-23-22(24(32)30(2)26(29)33)31(17-20-13-8-12-19-11-6-7-14-21(19)20)25(28-23)27-16-15-18-9-4-3-5-10-18/h3-14H,15-17H2,1-2H3,(H,27,28). The number of nitrogens with zero attached hydrogens (tertiary/aromatic N) is 4. The average molecular weight is 440 g/mol. The summed E-state index contributed by atoms with van der Waals surface area (Å²) >= 11 is 0. The molecule has 0 saturated carbocycles. The van der Waals surface area contributed by atoms with Crippen molar-refractivity contribution in [1.82, 2.24) is 18.7 Å². The number of rotatable bonds is 6. The van der Waals surface area contributed by atoms with E-state index in [1.165, 1.54) is 17.2 Å². The number of aryl methyl sites for hydroxylation is 1. The zero-order chi connectivity index (χ0) is 22.9. The summed E-state index contributed by atoms with van der Waals surface area (Å²) in [4.78, 5) is 30.3. The van der Waals surface area contributed by atoms with Gasteiger partial charge < -0.3 is 5.32 Å². The molecule has 7 nitrogen and oxygen atoms in total. The summed E-state index contributed by atoms with van der Waals surface area (Å²) < 4.78 is 4.46. The van der Waals surface area contributed by atoms with Gasteiger partial charge in [-0.05, 0) is 28.3 Å². The van der Waals surface area contributed by atoms with E-state index in [1.807, 2.05) is 41.0 Å². The third-order valence-electron chi connectivity index (χ3n) is 6.10. The first-order chi connectivity index (χ1) is 16.0. The number of hydrogen-bond acceptors (Lipinski definition) is 4. The fourth-order valence-corrected chi connectivity index (χ4v) is 4.30. The Morgan fingerprint density at radius 3 is 2.39 bits per heavy atom. The molecule has 0 atom stereocenters. The van der Waals surface area contributed by atoms with Crippen LogP contribution in [0, 0.1) is 0 Å². The van der Waals surface area contributed by atoms with E-state index in [2.05, 4.69) is 46.7 Å². The minimum atomic E-state index is -0.391. The lowest BCUT2D eigenvalue weighted by atomic mass is 10.0. The second kappa shape index (κ2) is 8.43. The minimum Gasteiger partial charge on any atom is -0.355 e. The second-order valence-corrected chi connectivity index (χ2v) is 8.20. The van der Waals surface area contributed by atoms with Crippen LogP contribution in [0.1, 0.15) is 11.1 Å². The van der Waals surface area contributed by atoms with Crippen molar-refractivity contribution in [2.24, 2.45) is 14.1 Å². The van der Waals surface area contributed by atoms with Gasteiger partial charge in [0.1, 0.15) is 0 Å². The fraction of sp³-hybridized carbons (Fsp3) is 0.192. The highest BCUT2D eigenvalue weighted by Crippen LogP contribution is 2.23. The highest BCUT2D eigenvalue weighted by Gasteiger charge is 2.19. The molecule has 0 aliphatic carbocycles. The van der Waals surface area contributed by atoms with Crippen LogP contribution in [0.25, 0.3) is 21.9 Å². The maximum atomic E-state index is 13.1.